The molecule has 0 radical (unpaired) electrons. The lowest BCUT2D eigenvalue weighted by Gasteiger charge is -2.45. The van der Waals surface area contributed by atoms with Crippen LogP contribution in [0.1, 0.15) is 57.4 Å². The summed E-state index contributed by atoms with van der Waals surface area (Å²) in [6.45, 7) is 3.23. The summed E-state index contributed by atoms with van der Waals surface area (Å²) in [5.74, 6) is 0.449. The maximum Gasteiger partial charge on any atom is 0.133 e. The first-order chi connectivity index (χ1) is 9.66. The SMILES string of the molecule is CCCCC1(N(C)Cc2ccccc2)CCC(=O)CC1. The van der Waals surface area contributed by atoms with Gasteiger partial charge in [0.2, 0.25) is 0 Å². The van der Waals surface area contributed by atoms with Crippen molar-refractivity contribution in [2.45, 2.75) is 64.0 Å². The zero-order valence-electron chi connectivity index (χ0n) is 12.9. The highest BCUT2D eigenvalue weighted by atomic mass is 16.1. The fourth-order valence-corrected chi connectivity index (χ4v) is 3.35. The molecule has 0 heterocycles. The second-order valence-electron chi connectivity index (χ2n) is 6.21. The van der Waals surface area contributed by atoms with Gasteiger partial charge >= 0.3 is 0 Å². The van der Waals surface area contributed by atoms with Gasteiger partial charge in [0.1, 0.15) is 5.78 Å². The number of hydrogen-bond acceptors (Lipinski definition) is 2. The van der Waals surface area contributed by atoms with E-state index >= 15 is 0 Å². The molecule has 0 aromatic heterocycles. The van der Waals surface area contributed by atoms with Gasteiger partial charge in [0.15, 0.2) is 0 Å². The lowest BCUT2D eigenvalue weighted by Crippen LogP contribution is -2.48. The number of hydrogen-bond donors (Lipinski definition) is 0. The van der Waals surface area contributed by atoms with Gasteiger partial charge < -0.3 is 0 Å². The van der Waals surface area contributed by atoms with Crippen LogP contribution in [-0.2, 0) is 11.3 Å². The lowest BCUT2D eigenvalue weighted by molar-refractivity contribution is -0.123. The van der Waals surface area contributed by atoms with E-state index in [1.807, 2.05) is 0 Å². The average Bonchev–Trinajstić information content (AvgIpc) is 2.48. The molecule has 0 spiro atoms. The van der Waals surface area contributed by atoms with Crippen molar-refractivity contribution < 1.29 is 4.79 Å². The van der Waals surface area contributed by atoms with Crippen LogP contribution in [0.5, 0.6) is 0 Å². The van der Waals surface area contributed by atoms with E-state index in [2.05, 4.69) is 49.2 Å². The molecular formula is C18H27NO. The molecule has 1 aliphatic rings. The highest BCUT2D eigenvalue weighted by Gasteiger charge is 2.37. The monoisotopic (exact) mass is 273 g/mol. The average molecular weight is 273 g/mol. The van der Waals surface area contributed by atoms with E-state index < -0.39 is 0 Å². The summed E-state index contributed by atoms with van der Waals surface area (Å²) < 4.78 is 0. The molecule has 1 aliphatic carbocycles. The van der Waals surface area contributed by atoms with Gasteiger partial charge in [0.05, 0.1) is 0 Å². The molecule has 2 rings (SSSR count). The van der Waals surface area contributed by atoms with E-state index in [1.54, 1.807) is 0 Å². The van der Waals surface area contributed by atoms with Crippen LogP contribution >= 0.6 is 0 Å². The largest absolute Gasteiger partial charge is 0.300 e. The summed E-state index contributed by atoms with van der Waals surface area (Å²) in [4.78, 5) is 14.1. The summed E-state index contributed by atoms with van der Waals surface area (Å²) >= 11 is 0. The molecule has 0 saturated heterocycles. The van der Waals surface area contributed by atoms with Crippen molar-refractivity contribution in [1.82, 2.24) is 4.90 Å². The number of nitrogens with zero attached hydrogens (tertiary/aromatic N) is 1. The summed E-state index contributed by atoms with van der Waals surface area (Å²) in [6.07, 6.45) is 7.32. The molecule has 1 fully saturated rings. The second-order valence-corrected chi connectivity index (χ2v) is 6.21. The van der Waals surface area contributed by atoms with E-state index in [-0.39, 0.29) is 5.54 Å². The molecule has 0 atom stereocenters. The molecule has 1 aromatic rings. The zero-order valence-corrected chi connectivity index (χ0v) is 12.9. The highest BCUT2D eigenvalue weighted by molar-refractivity contribution is 5.79. The molecule has 0 aliphatic heterocycles. The first-order valence-electron chi connectivity index (χ1n) is 7.93. The number of ketones is 1. The Morgan fingerprint density at radius 3 is 2.40 bits per heavy atom. The predicted molar refractivity (Wildman–Crippen MR) is 83.6 cm³/mol. The van der Waals surface area contributed by atoms with E-state index in [4.69, 9.17) is 0 Å². The fraction of sp³-hybridized carbons (Fsp3) is 0.611. The minimum Gasteiger partial charge on any atom is -0.300 e. The summed E-state index contributed by atoms with van der Waals surface area (Å²) in [7, 11) is 2.23. The van der Waals surface area contributed by atoms with E-state index in [9.17, 15) is 4.79 Å². The van der Waals surface area contributed by atoms with Crippen LogP contribution in [0.15, 0.2) is 30.3 Å². The predicted octanol–water partition coefficient (Wildman–Crippen LogP) is 4.19. The van der Waals surface area contributed by atoms with Crippen molar-refractivity contribution in [1.29, 1.82) is 0 Å². The van der Waals surface area contributed by atoms with Crippen LogP contribution in [-0.4, -0.2) is 23.3 Å². The van der Waals surface area contributed by atoms with E-state index in [1.165, 1.54) is 24.8 Å². The molecule has 2 nitrogen and oxygen atoms in total. The quantitative estimate of drug-likeness (QED) is 0.774. The molecule has 1 aromatic carbocycles. The third-order valence-electron chi connectivity index (χ3n) is 4.81. The van der Waals surface area contributed by atoms with Crippen molar-refractivity contribution in [3.8, 4) is 0 Å². The maximum absolute atomic E-state index is 11.6. The Bertz CT molecular complexity index is 416. The molecule has 2 heteroatoms. The first-order valence-corrected chi connectivity index (χ1v) is 7.93. The van der Waals surface area contributed by atoms with Gasteiger partial charge in [-0.2, -0.15) is 0 Å². The molecule has 110 valence electrons. The molecule has 0 amide bonds. The smallest absolute Gasteiger partial charge is 0.133 e. The zero-order chi connectivity index (χ0) is 14.4. The van der Waals surface area contributed by atoms with Crippen LogP contribution < -0.4 is 0 Å². The van der Waals surface area contributed by atoms with Crippen molar-refractivity contribution >= 4 is 5.78 Å². The third kappa shape index (κ3) is 3.69. The number of unbranched alkanes of at least 4 members (excludes halogenated alkanes) is 1. The van der Waals surface area contributed by atoms with Gasteiger partial charge in [0, 0.05) is 24.9 Å². The van der Waals surface area contributed by atoms with Crippen LogP contribution in [0, 0.1) is 0 Å². The number of carbonyl (C=O) groups is 1. The molecule has 1 saturated carbocycles. The van der Waals surface area contributed by atoms with Crippen LogP contribution in [0.2, 0.25) is 0 Å². The Hall–Kier alpha value is -1.15. The number of carbonyl (C=O) groups excluding carboxylic acids is 1. The summed E-state index contributed by atoms with van der Waals surface area (Å²) in [5.41, 5.74) is 1.60. The topological polar surface area (TPSA) is 20.3 Å². The standard InChI is InChI=1S/C18H27NO/c1-3-4-12-18(13-10-17(20)11-14-18)19(2)15-16-8-6-5-7-9-16/h5-9H,3-4,10-15H2,1-2H3. The Morgan fingerprint density at radius 1 is 1.15 bits per heavy atom. The van der Waals surface area contributed by atoms with E-state index in [0.29, 0.717) is 5.78 Å². The second kappa shape index (κ2) is 7.03. The van der Waals surface area contributed by atoms with Crippen molar-refractivity contribution in [3.63, 3.8) is 0 Å². The third-order valence-corrected chi connectivity index (χ3v) is 4.81. The highest BCUT2D eigenvalue weighted by Crippen LogP contribution is 2.36. The summed E-state index contributed by atoms with van der Waals surface area (Å²) in [5, 5.41) is 0. The molecule has 0 unspecified atom stereocenters. The minimum absolute atomic E-state index is 0.236. The molecule has 20 heavy (non-hydrogen) atoms. The Morgan fingerprint density at radius 2 is 1.80 bits per heavy atom. The number of benzene rings is 1. The Labute approximate surface area is 123 Å². The van der Waals surface area contributed by atoms with Crippen molar-refractivity contribution in [2.75, 3.05) is 7.05 Å². The maximum atomic E-state index is 11.6. The van der Waals surface area contributed by atoms with E-state index in [0.717, 1.165) is 32.2 Å². The molecule has 0 bridgehead atoms. The van der Waals surface area contributed by atoms with Crippen molar-refractivity contribution in [3.05, 3.63) is 35.9 Å². The fourth-order valence-electron chi connectivity index (χ4n) is 3.35. The number of rotatable bonds is 6. The first kappa shape index (κ1) is 15.2. The van der Waals surface area contributed by atoms with Gasteiger partial charge in [-0.15, -0.1) is 0 Å². The molecular weight excluding hydrogens is 246 g/mol. The summed E-state index contributed by atoms with van der Waals surface area (Å²) in [6, 6.07) is 10.7. The van der Waals surface area contributed by atoms with Gasteiger partial charge in [-0.3, -0.25) is 9.69 Å². The molecule has 0 N–H and O–H groups in total. The van der Waals surface area contributed by atoms with Gasteiger partial charge in [-0.25, -0.2) is 0 Å². The van der Waals surface area contributed by atoms with Gasteiger partial charge in [-0.05, 0) is 31.9 Å². The van der Waals surface area contributed by atoms with Crippen LogP contribution in [0.3, 0.4) is 0 Å². The van der Waals surface area contributed by atoms with Crippen LogP contribution in [0.25, 0.3) is 0 Å². The lowest BCUT2D eigenvalue weighted by atomic mass is 9.76. The number of Topliss-reactive ketones (excluding diaryl/α,β-unsaturated/α-hetero) is 1. The normalized spacial score (nSPS) is 18.4. The van der Waals surface area contributed by atoms with Crippen LogP contribution in [0.4, 0.5) is 0 Å². The Kier molecular flexibility index (Phi) is 5.36. The minimum atomic E-state index is 0.236. The van der Waals surface area contributed by atoms with Gasteiger partial charge in [0.25, 0.3) is 0 Å². The van der Waals surface area contributed by atoms with Crippen molar-refractivity contribution in [2.24, 2.45) is 0 Å². The Balaban J connectivity index is 2.07. The van der Waals surface area contributed by atoms with Gasteiger partial charge in [-0.1, -0.05) is 50.1 Å².